The number of phenolic OH excluding ortho intramolecular Hbond substituents is 1. The Hall–Kier alpha value is -3.02. The fourth-order valence-electron chi connectivity index (χ4n) is 2.80. The summed E-state index contributed by atoms with van der Waals surface area (Å²) in [6, 6.07) is 8.00. The maximum atomic E-state index is 14.0. The van der Waals surface area contributed by atoms with E-state index in [1.54, 1.807) is 13.0 Å². The number of fused-ring (bicyclic) bond motifs is 1. The van der Waals surface area contributed by atoms with Crippen molar-refractivity contribution in [1.82, 2.24) is 0 Å². The average Bonchev–Trinajstić information content (AvgIpc) is 2.77. The first-order valence-corrected chi connectivity index (χ1v) is 6.92. The molecule has 0 unspecified atom stereocenters. The molecule has 23 heavy (non-hydrogen) atoms. The van der Waals surface area contributed by atoms with Gasteiger partial charge < -0.3 is 5.11 Å². The van der Waals surface area contributed by atoms with Gasteiger partial charge in [0.05, 0.1) is 10.5 Å². The van der Waals surface area contributed by atoms with Crippen molar-refractivity contribution in [3.63, 3.8) is 0 Å². The van der Waals surface area contributed by atoms with E-state index < -0.39 is 22.4 Å². The molecule has 116 valence electrons. The minimum absolute atomic E-state index is 0.00865. The van der Waals surface area contributed by atoms with Gasteiger partial charge in [0.25, 0.3) is 5.69 Å². The molecule has 1 aliphatic rings. The summed E-state index contributed by atoms with van der Waals surface area (Å²) in [5.41, 5.74) is 1.06. The molecule has 0 amide bonds. The van der Waals surface area contributed by atoms with E-state index in [4.69, 9.17) is 0 Å². The van der Waals surface area contributed by atoms with E-state index in [0.717, 1.165) is 12.1 Å². The number of hydrogen-bond donors (Lipinski definition) is 1. The number of Topliss-reactive ketones (excluding diaryl/α,β-unsaturated/α-hetero) is 1. The van der Waals surface area contributed by atoms with E-state index in [1.807, 2.05) is 0 Å². The number of carbonyl (C=O) groups is 1. The highest BCUT2D eigenvalue weighted by molar-refractivity contribution is 6.18. The van der Waals surface area contributed by atoms with Crippen molar-refractivity contribution >= 4 is 17.5 Å². The van der Waals surface area contributed by atoms with Gasteiger partial charge in [0.1, 0.15) is 11.6 Å². The zero-order valence-corrected chi connectivity index (χ0v) is 12.1. The molecule has 6 heteroatoms. The molecule has 0 aromatic heterocycles. The summed E-state index contributed by atoms with van der Waals surface area (Å²) in [7, 11) is 0. The van der Waals surface area contributed by atoms with E-state index in [2.05, 4.69) is 0 Å². The van der Waals surface area contributed by atoms with Gasteiger partial charge in [-0.25, -0.2) is 4.39 Å². The number of ketones is 1. The highest BCUT2D eigenvalue weighted by atomic mass is 19.1. The molecular weight excluding hydrogens is 301 g/mol. The maximum absolute atomic E-state index is 14.0. The van der Waals surface area contributed by atoms with E-state index in [-0.39, 0.29) is 22.6 Å². The molecule has 1 N–H and O–H groups in total. The fourth-order valence-corrected chi connectivity index (χ4v) is 2.80. The van der Waals surface area contributed by atoms with Crippen molar-refractivity contribution < 1.29 is 19.2 Å². The van der Waals surface area contributed by atoms with Crippen LogP contribution in [0.4, 0.5) is 10.1 Å². The van der Waals surface area contributed by atoms with E-state index in [9.17, 15) is 24.4 Å². The standard InChI is InChI=1S/C17H12FNO4/c1-9-12(8-10-2-4-11(5-3-10)19(22)23)17(21)16-14(20)7-6-13(18)15(9)16/h2-9,20H,1H3/b12-8+/t9-/m1/s1. The van der Waals surface area contributed by atoms with Crippen LogP contribution in [0.25, 0.3) is 6.08 Å². The van der Waals surface area contributed by atoms with Crippen LogP contribution >= 0.6 is 0 Å². The summed E-state index contributed by atoms with van der Waals surface area (Å²) >= 11 is 0. The van der Waals surface area contributed by atoms with Gasteiger partial charge in [-0.15, -0.1) is 0 Å². The summed E-state index contributed by atoms with van der Waals surface area (Å²) in [5, 5.41) is 20.5. The van der Waals surface area contributed by atoms with Crippen molar-refractivity contribution in [3.8, 4) is 5.75 Å². The third kappa shape index (κ3) is 2.38. The Morgan fingerprint density at radius 3 is 2.43 bits per heavy atom. The number of benzene rings is 2. The van der Waals surface area contributed by atoms with Crippen molar-refractivity contribution in [2.24, 2.45) is 0 Å². The Balaban J connectivity index is 2.05. The number of nitro groups is 1. The van der Waals surface area contributed by atoms with Crippen molar-refractivity contribution in [2.45, 2.75) is 12.8 Å². The molecule has 0 saturated heterocycles. The molecule has 0 saturated carbocycles. The topological polar surface area (TPSA) is 80.4 Å². The molecule has 0 radical (unpaired) electrons. The number of nitrogens with zero attached hydrogens (tertiary/aromatic N) is 1. The molecule has 0 bridgehead atoms. The highest BCUT2D eigenvalue weighted by Crippen LogP contribution is 2.43. The molecular formula is C17H12FNO4. The number of aromatic hydroxyl groups is 1. The van der Waals surface area contributed by atoms with Crippen LogP contribution in [0.1, 0.15) is 34.3 Å². The maximum Gasteiger partial charge on any atom is 0.269 e. The third-order valence-corrected chi connectivity index (χ3v) is 3.99. The molecule has 1 aliphatic carbocycles. The molecule has 2 aromatic carbocycles. The van der Waals surface area contributed by atoms with Crippen molar-refractivity contribution in [3.05, 3.63) is 74.6 Å². The molecule has 0 heterocycles. The Bertz CT molecular complexity index is 856. The zero-order valence-electron chi connectivity index (χ0n) is 12.1. The van der Waals surface area contributed by atoms with Crippen LogP contribution in [0.2, 0.25) is 0 Å². The smallest absolute Gasteiger partial charge is 0.269 e. The van der Waals surface area contributed by atoms with Crippen LogP contribution in [-0.4, -0.2) is 15.8 Å². The molecule has 0 aliphatic heterocycles. The van der Waals surface area contributed by atoms with Crippen molar-refractivity contribution in [1.29, 1.82) is 0 Å². The van der Waals surface area contributed by atoms with Gasteiger partial charge >= 0.3 is 0 Å². The Kier molecular flexibility index (Phi) is 3.44. The number of phenols is 1. The van der Waals surface area contributed by atoms with Gasteiger partial charge in [-0.2, -0.15) is 0 Å². The normalized spacial score (nSPS) is 18.3. The molecule has 5 nitrogen and oxygen atoms in total. The fraction of sp³-hybridized carbons (Fsp3) is 0.118. The first kappa shape index (κ1) is 14.9. The SMILES string of the molecule is C[C@@H]1/C(=C\c2ccc([N+](=O)[O-])cc2)C(=O)c2c(O)ccc(F)c21. The van der Waals surface area contributed by atoms with Crippen LogP contribution in [0.15, 0.2) is 42.0 Å². The summed E-state index contributed by atoms with van der Waals surface area (Å²) in [6.45, 7) is 1.68. The second-order valence-corrected chi connectivity index (χ2v) is 5.35. The molecule has 0 spiro atoms. The van der Waals surface area contributed by atoms with Crippen LogP contribution in [0, 0.1) is 15.9 Å². The first-order chi connectivity index (χ1) is 10.9. The first-order valence-electron chi connectivity index (χ1n) is 6.92. The van der Waals surface area contributed by atoms with E-state index in [1.165, 1.54) is 24.3 Å². The number of nitro benzene ring substituents is 1. The van der Waals surface area contributed by atoms with Crippen molar-refractivity contribution in [2.75, 3.05) is 0 Å². The highest BCUT2D eigenvalue weighted by Gasteiger charge is 2.36. The minimum atomic E-state index is -0.536. The Labute approximate surface area is 130 Å². The Morgan fingerprint density at radius 2 is 1.87 bits per heavy atom. The minimum Gasteiger partial charge on any atom is -0.507 e. The summed E-state index contributed by atoms with van der Waals surface area (Å²) < 4.78 is 14.0. The average molecular weight is 313 g/mol. The molecule has 2 aromatic rings. The zero-order chi connectivity index (χ0) is 16.7. The number of carbonyl (C=O) groups excluding carboxylic acids is 1. The van der Waals surface area contributed by atoms with Gasteiger partial charge in [0, 0.05) is 29.2 Å². The third-order valence-electron chi connectivity index (χ3n) is 3.99. The monoisotopic (exact) mass is 313 g/mol. The second-order valence-electron chi connectivity index (χ2n) is 5.35. The number of hydrogen-bond acceptors (Lipinski definition) is 4. The van der Waals surface area contributed by atoms with E-state index >= 15 is 0 Å². The molecule has 3 rings (SSSR count). The predicted octanol–water partition coefficient (Wildman–Crippen LogP) is 3.82. The van der Waals surface area contributed by atoms with E-state index in [0.29, 0.717) is 11.1 Å². The van der Waals surface area contributed by atoms with Gasteiger partial charge in [-0.05, 0) is 35.9 Å². The summed E-state index contributed by atoms with van der Waals surface area (Å²) in [4.78, 5) is 22.6. The lowest BCUT2D eigenvalue weighted by Gasteiger charge is -2.07. The van der Waals surface area contributed by atoms with Crippen LogP contribution in [0.3, 0.4) is 0 Å². The van der Waals surface area contributed by atoms with Gasteiger partial charge in [-0.3, -0.25) is 14.9 Å². The predicted molar refractivity (Wildman–Crippen MR) is 81.9 cm³/mol. The second kappa shape index (κ2) is 5.31. The Morgan fingerprint density at radius 1 is 1.22 bits per heavy atom. The lowest BCUT2D eigenvalue weighted by Crippen LogP contribution is -1.97. The van der Waals surface area contributed by atoms with Gasteiger partial charge in [0.2, 0.25) is 0 Å². The summed E-state index contributed by atoms with van der Waals surface area (Å²) in [5.74, 6) is -1.71. The number of rotatable bonds is 2. The number of non-ortho nitro benzene ring substituents is 1. The van der Waals surface area contributed by atoms with Crippen LogP contribution in [0.5, 0.6) is 5.75 Å². The van der Waals surface area contributed by atoms with Gasteiger partial charge in [-0.1, -0.05) is 6.92 Å². The number of allylic oxidation sites excluding steroid dienone is 1. The largest absolute Gasteiger partial charge is 0.507 e. The summed E-state index contributed by atoms with van der Waals surface area (Å²) in [6.07, 6.45) is 1.57. The van der Waals surface area contributed by atoms with Gasteiger partial charge in [0.15, 0.2) is 5.78 Å². The van der Waals surface area contributed by atoms with Crippen LogP contribution in [-0.2, 0) is 0 Å². The molecule has 0 fully saturated rings. The lowest BCUT2D eigenvalue weighted by atomic mass is 9.97. The lowest BCUT2D eigenvalue weighted by molar-refractivity contribution is -0.384. The quantitative estimate of drug-likeness (QED) is 0.519. The van der Waals surface area contributed by atoms with Crippen LogP contribution < -0.4 is 0 Å². The molecule has 1 atom stereocenters. The number of halogens is 1.